The first-order chi connectivity index (χ1) is 4.57. The molecular formula is C5H12N2NaO3S. The van der Waals surface area contributed by atoms with Crippen molar-refractivity contribution < 1.29 is 14.7 Å². The minimum Gasteiger partial charge on any atom is -0.480 e. The number of hydrogen-bond donors (Lipinski definition) is 4. The predicted octanol–water partition coefficient (Wildman–Crippen LogP) is -0.713. The topological polar surface area (TPSA) is 101 Å². The quantitative estimate of drug-likeness (QED) is 0.359. The van der Waals surface area contributed by atoms with Crippen molar-refractivity contribution in [2.75, 3.05) is 5.75 Å². The number of aliphatic carboxylic acids is 1. The van der Waals surface area contributed by atoms with Crippen LogP contribution in [0.5, 0.6) is 0 Å². The van der Waals surface area contributed by atoms with Gasteiger partial charge >= 0.3 is 5.97 Å². The first kappa shape index (κ1) is 18.1. The summed E-state index contributed by atoms with van der Waals surface area (Å²) in [5, 5.41) is 10.6. The van der Waals surface area contributed by atoms with Gasteiger partial charge in [0.15, 0.2) is 0 Å². The van der Waals surface area contributed by atoms with Crippen LogP contribution in [0.15, 0.2) is 0 Å². The number of carbonyl (C=O) groups is 2. The Bertz CT molecular complexity index is 156. The van der Waals surface area contributed by atoms with Gasteiger partial charge in [0, 0.05) is 42.2 Å². The first-order valence-corrected chi connectivity index (χ1v) is 3.32. The fraction of sp³-hybridized carbons (Fsp3) is 0.600. The average Bonchev–Trinajstić information content (AvgIpc) is 1.81. The van der Waals surface area contributed by atoms with Crippen molar-refractivity contribution in [3.63, 3.8) is 0 Å². The van der Waals surface area contributed by atoms with Gasteiger partial charge in [-0.3, -0.25) is 4.79 Å². The maximum Gasteiger partial charge on any atom is 0.327 e. The molecule has 5 N–H and O–H groups in total. The van der Waals surface area contributed by atoms with Gasteiger partial charge in [-0.2, -0.15) is 12.6 Å². The molecule has 1 amide bonds. The van der Waals surface area contributed by atoms with Gasteiger partial charge in [-0.05, 0) is 0 Å². The number of thiol groups is 1. The van der Waals surface area contributed by atoms with Crippen LogP contribution in [0.4, 0.5) is 0 Å². The molecule has 0 aliphatic rings. The third kappa shape index (κ3) is 8.35. The van der Waals surface area contributed by atoms with Gasteiger partial charge in [-0.1, -0.05) is 0 Å². The van der Waals surface area contributed by atoms with Crippen LogP contribution >= 0.6 is 12.6 Å². The third-order valence-electron chi connectivity index (χ3n) is 0.858. The molecular weight excluding hydrogens is 191 g/mol. The molecule has 67 valence electrons. The standard InChI is InChI=1S/C5H9NO3S.H3N.Na/c1-3(7)6-4(2-10)5(8)9;;/h4,10H,2H2,1H3,(H,6,7)(H,8,9);1H3;/t4-;;/m0../s1. The van der Waals surface area contributed by atoms with Crippen molar-refractivity contribution in [3.05, 3.63) is 0 Å². The molecule has 5 nitrogen and oxygen atoms in total. The Labute approximate surface area is 98.6 Å². The van der Waals surface area contributed by atoms with Crippen molar-refractivity contribution >= 4 is 54.1 Å². The van der Waals surface area contributed by atoms with E-state index in [1.165, 1.54) is 6.92 Å². The summed E-state index contributed by atoms with van der Waals surface area (Å²) in [6.45, 7) is 1.26. The summed E-state index contributed by atoms with van der Waals surface area (Å²) in [7, 11) is 0. The summed E-state index contributed by atoms with van der Waals surface area (Å²) in [5.41, 5.74) is 0. The molecule has 12 heavy (non-hydrogen) atoms. The Hall–Kier alpha value is 0.250. The molecule has 0 saturated heterocycles. The molecule has 0 unspecified atom stereocenters. The van der Waals surface area contributed by atoms with Crippen LogP contribution < -0.4 is 11.5 Å². The van der Waals surface area contributed by atoms with Crippen LogP contribution in [0, 0.1) is 0 Å². The fourth-order valence-corrected chi connectivity index (χ4v) is 0.678. The Morgan fingerprint density at radius 1 is 1.58 bits per heavy atom. The van der Waals surface area contributed by atoms with Crippen LogP contribution in [-0.4, -0.2) is 58.3 Å². The van der Waals surface area contributed by atoms with Gasteiger partial charge < -0.3 is 16.6 Å². The van der Waals surface area contributed by atoms with Gasteiger partial charge in [-0.25, -0.2) is 4.79 Å². The second-order valence-electron chi connectivity index (χ2n) is 1.77. The van der Waals surface area contributed by atoms with Gasteiger partial charge in [0.1, 0.15) is 6.04 Å². The predicted molar refractivity (Wildman–Crippen MR) is 49.9 cm³/mol. The second-order valence-corrected chi connectivity index (χ2v) is 2.14. The van der Waals surface area contributed by atoms with Crippen LogP contribution in [0.25, 0.3) is 0 Å². The maximum atomic E-state index is 10.3. The Balaban J connectivity index is -0.000000405. The van der Waals surface area contributed by atoms with Gasteiger partial charge in [0.2, 0.25) is 5.91 Å². The van der Waals surface area contributed by atoms with Gasteiger partial charge in [-0.15, -0.1) is 0 Å². The van der Waals surface area contributed by atoms with Crippen LogP contribution in [0.3, 0.4) is 0 Å². The van der Waals surface area contributed by atoms with Crippen LogP contribution in [-0.2, 0) is 9.59 Å². The molecule has 0 aliphatic carbocycles. The molecule has 0 spiro atoms. The molecule has 0 aromatic rings. The average molecular weight is 203 g/mol. The molecule has 0 aromatic carbocycles. The molecule has 0 saturated carbocycles. The van der Waals surface area contributed by atoms with Crippen molar-refractivity contribution in [1.82, 2.24) is 11.5 Å². The van der Waals surface area contributed by atoms with E-state index in [1.54, 1.807) is 0 Å². The van der Waals surface area contributed by atoms with Crippen molar-refractivity contribution in [1.29, 1.82) is 0 Å². The number of carboxylic acids is 1. The number of rotatable bonds is 3. The minimum absolute atomic E-state index is 0. The third-order valence-corrected chi connectivity index (χ3v) is 1.22. The smallest absolute Gasteiger partial charge is 0.327 e. The van der Waals surface area contributed by atoms with E-state index >= 15 is 0 Å². The molecule has 1 atom stereocenters. The van der Waals surface area contributed by atoms with Crippen molar-refractivity contribution in [2.45, 2.75) is 13.0 Å². The van der Waals surface area contributed by atoms with E-state index in [4.69, 9.17) is 5.11 Å². The molecule has 0 fully saturated rings. The number of hydrogen-bond acceptors (Lipinski definition) is 4. The molecule has 0 bridgehead atoms. The van der Waals surface area contributed by atoms with E-state index in [0.29, 0.717) is 0 Å². The SMILES string of the molecule is CC(=O)N[C@@H](CS)C(=O)O.N.[Na]. The zero-order chi connectivity index (χ0) is 8.15. The summed E-state index contributed by atoms with van der Waals surface area (Å²) in [4.78, 5) is 20.5. The molecule has 1 radical (unpaired) electrons. The van der Waals surface area contributed by atoms with Crippen molar-refractivity contribution in [3.8, 4) is 0 Å². The monoisotopic (exact) mass is 203 g/mol. The molecule has 0 heterocycles. The van der Waals surface area contributed by atoms with Crippen LogP contribution in [0.1, 0.15) is 6.92 Å². The Morgan fingerprint density at radius 3 is 2.08 bits per heavy atom. The van der Waals surface area contributed by atoms with Gasteiger partial charge in [0.05, 0.1) is 0 Å². The Kier molecular flexibility index (Phi) is 14.1. The normalized spacial score (nSPS) is 10.2. The van der Waals surface area contributed by atoms with E-state index in [9.17, 15) is 9.59 Å². The van der Waals surface area contributed by atoms with E-state index in [0.717, 1.165) is 0 Å². The number of amides is 1. The van der Waals surface area contributed by atoms with E-state index in [1.807, 2.05) is 0 Å². The van der Waals surface area contributed by atoms with E-state index in [2.05, 4.69) is 17.9 Å². The maximum absolute atomic E-state index is 10.3. The molecule has 0 aliphatic heterocycles. The summed E-state index contributed by atoms with van der Waals surface area (Å²) < 4.78 is 0. The van der Waals surface area contributed by atoms with E-state index in [-0.39, 0.29) is 47.4 Å². The van der Waals surface area contributed by atoms with Crippen LogP contribution in [0.2, 0.25) is 0 Å². The molecule has 0 aromatic heterocycles. The molecule has 7 heteroatoms. The fourth-order valence-electron chi connectivity index (χ4n) is 0.431. The number of carboxylic acid groups (broad SMARTS) is 1. The number of carbonyl (C=O) groups excluding carboxylic acids is 1. The largest absolute Gasteiger partial charge is 0.480 e. The Morgan fingerprint density at radius 2 is 2.00 bits per heavy atom. The summed E-state index contributed by atoms with van der Waals surface area (Å²) >= 11 is 3.73. The summed E-state index contributed by atoms with van der Waals surface area (Å²) in [5.74, 6) is -1.32. The van der Waals surface area contributed by atoms with E-state index < -0.39 is 12.0 Å². The minimum atomic E-state index is -1.06. The zero-order valence-corrected chi connectivity index (χ0v) is 10.1. The van der Waals surface area contributed by atoms with Gasteiger partial charge in [0.25, 0.3) is 0 Å². The molecule has 0 rings (SSSR count). The first-order valence-electron chi connectivity index (χ1n) is 2.68. The van der Waals surface area contributed by atoms with Crippen molar-refractivity contribution in [2.24, 2.45) is 0 Å². The second kappa shape index (κ2) is 9.34. The zero-order valence-electron chi connectivity index (χ0n) is 7.20. The summed E-state index contributed by atoms with van der Waals surface area (Å²) in [6.07, 6.45) is 0. The summed E-state index contributed by atoms with van der Waals surface area (Å²) in [6, 6.07) is -0.874. The number of nitrogens with one attached hydrogen (secondary N) is 1.